The van der Waals surface area contributed by atoms with Gasteiger partial charge in [-0.05, 0) is 24.3 Å². The zero-order chi connectivity index (χ0) is 10.7. The molecule has 0 aliphatic carbocycles. The van der Waals surface area contributed by atoms with Crippen molar-refractivity contribution in [2.45, 2.75) is 25.4 Å². The molecule has 1 amide bonds. The number of amides is 1. The molecule has 1 unspecified atom stereocenters. The van der Waals surface area contributed by atoms with Gasteiger partial charge in [0.1, 0.15) is 0 Å². The molecule has 1 saturated heterocycles. The van der Waals surface area contributed by atoms with Gasteiger partial charge in [0.15, 0.2) is 0 Å². The van der Waals surface area contributed by atoms with Crippen LogP contribution in [0.1, 0.15) is 30.2 Å². The standard InChI is InChI=1S/C11H15NO2S/c13-9(10-4-2-8-15-10)3-1-5-11(14)12-6-7-12/h2,4,8-9,13H,1,3,5-7H2. The number of aliphatic hydroxyl groups is 1. The first-order chi connectivity index (χ1) is 7.27. The molecular weight excluding hydrogens is 210 g/mol. The number of nitrogens with zero attached hydrogens (tertiary/aromatic N) is 1. The van der Waals surface area contributed by atoms with Crippen molar-refractivity contribution in [3.8, 4) is 0 Å². The summed E-state index contributed by atoms with van der Waals surface area (Å²) in [6, 6.07) is 3.87. The Morgan fingerprint density at radius 1 is 1.60 bits per heavy atom. The summed E-state index contributed by atoms with van der Waals surface area (Å²) in [6.07, 6.45) is 1.63. The average molecular weight is 225 g/mol. The predicted octanol–water partition coefficient (Wildman–Crippen LogP) is 1.79. The second kappa shape index (κ2) is 4.77. The maximum atomic E-state index is 11.3. The maximum absolute atomic E-state index is 11.3. The normalized spacial score (nSPS) is 16.5. The van der Waals surface area contributed by atoms with Crippen molar-refractivity contribution < 1.29 is 9.90 Å². The van der Waals surface area contributed by atoms with E-state index in [-0.39, 0.29) is 5.91 Å². The molecule has 3 nitrogen and oxygen atoms in total. The minimum atomic E-state index is -0.396. The number of thiophene rings is 1. The average Bonchev–Trinajstić information content (AvgIpc) is 2.93. The van der Waals surface area contributed by atoms with E-state index in [2.05, 4.69) is 0 Å². The van der Waals surface area contributed by atoms with Gasteiger partial charge in [0.2, 0.25) is 5.91 Å². The molecule has 1 fully saturated rings. The van der Waals surface area contributed by atoms with E-state index < -0.39 is 6.10 Å². The second-order valence-electron chi connectivity index (χ2n) is 3.80. The lowest BCUT2D eigenvalue weighted by Gasteiger charge is -2.07. The van der Waals surface area contributed by atoms with Gasteiger partial charge in [-0.15, -0.1) is 11.3 Å². The van der Waals surface area contributed by atoms with Crippen molar-refractivity contribution in [3.05, 3.63) is 22.4 Å². The van der Waals surface area contributed by atoms with Crippen LogP contribution in [0, 0.1) is 0 Å². The van der Waals surface area contributed by atoms with E-state index >= 15 is 0 Å². The van der Waals surface area contributed by atoms with E-state index in [1.54, 1.807) is 11.3 Å². The molecule has 0 spiro atoms. The van der Waals surface area contributed by atoms with Crippen molar-refractivity contribution in [3.63, 3.8) is 0 Å². The molecule has 1 aromatic heterocycles. The largest absolute Gasteiger partial charge is 0.388 e. The fourth-order valence-electron chi connectivity index (χ4n) is 1.53. The Morgan fingerprint density at radius 3 is 3.00 bits per heavy atom. The third-order valence-electron chi connectivity index (χ3n) is 2.54. The van der Waals surface area contributed by atoms with Crippen LogP contribution in [0.2, 0.25) is 0 Å². The smallest absolute Gasteiger partial charge is 0.222 e. The molecule has 82 valence electrons. The molecule has 1 N–H and O–H groups in total. The maximum Gasteiger partial charge on any atom is 0.222 e. The fraction of sp³-hybridized carbons (Fsp3) is 0.545. The SMILES string of the molecule is O=C(CCCC(O)c1cccs1)N1CC1. The summed E-state index contributed by atoms with van der Waals surface area (Å²) in [4.78, 5) is 14.1. The molecular formula is C11H15NO2S. The Kier molecular flexibility index (Phi) is 3.38. The number of carbonyl (C=O) groups excluding carboxylic acids is 1. The molecule has 1 aromatic rings. The topological polar surface area (TPSA) is 40.3 Å². The summed E-state index contributed by atoms with van der Waals surface area (Å²) in [5.74, 6) is 0.230. The summed E-state index contributed by atoms with van der Waals surface area (Å²) in [5.41, 5.74) is 0. The van der Waals surface area contributed by atoms with Crippen LogP contribution in [0.3, 0.4) is 0 Å². The minimum absolute atomic E-state index is 0.230. The summed E-state index contributed by atoms with van der Waals surface area (Å²) >= 11 is 1.56. The zero-order valence-corrected chi connectivity index (χ0v) is 9.37. The van der Waals surface area contributed by atoms with Gasteiger partial charge in [-0.25, -0.2) is 0 Å². The van der Waals surface area contributed by atoms with Crippen molar-refractivity contribution in [1.82, 2.24) is 4.90 Å². The monoisotopic (exact) mass is 225 g/mol. The molecule has 0 radical (unpaired) electrons. The van der Waals surface area contributed by atoms with Gasteiger partial charge in [0, 0.05) is 24.4 Å². The first kappa shape index (κ1) is 10.6. The van der Waals surface area contributed by atoms with E-state index in [4.69, 9.17) is 0 Å². The van der Waals surface area contributed by atoms with Gasteiger partial charge >= 0.3 is 0 Å². The van der Waals surface area contributed by atoms with Crippen LogP contribution in [0.4, 0.5) is 0 Å². The predicted molar refractivity (Wildman–Crippen MR) is 59.7 cm³/mol. The van der Waals surface area contributed by atoms with Crippen LogP contribution < -0.4 is 0 Å². The van der Waals surface area contributed by atoms with E-state index in [1.165, 1.54) is 0 Å². The number of rotatable bonds is 5. The molecule has 1 aliphatic heterocycles. The van der Waals surface area contributed by atoms with Crippen molar-refractivity contribution in [2.75, 3.05) is 13.1 Å². The lowest BCUT2D eigenvalue weighted by molar-refractivity contribution is -0.125. The van der Waals surface area contributed by atoms with Crippen LogP contribution in [-0.4, -0.2) is 29.0 Å². The number of hydrogen-bond donors (Lipinski definition) is 1. The molecule has 0 aromatic carbocycles. The highest BCUT2D eigenvalue weighted by Gasteiger charge is 2.23. The van der Waals surface area contributed by atoms with Gasteiger partial charge < -0.3 is 10.0 Å². The summed E-state index contributed by atoms with van der Waals surface area (Å²) in [7, 11) is 0. The van der Waals surface area contributed by atoms with Crippen molar-refractivity contribution in [1.29, 1.82) is 0 Å². The second-order valence-corrected chi connectivity index (χ2v) is 4.78. The minimum Gasteiger partial charge on any atom is -0.388 e. The molecule has 0 saturated carbocycles. The Labute approximate surface area is 93.3 Å². The summed E-state index contributed by atoms with van der Waals surface area (Å²) in [6.45, 7) is 1.85. The first-order valence-corrected chi connectivity index (χ1v) is 6.14. The van der Waals surface area contributed by atoms with Crippen LogP contribution in [0.25, 0.3) is 0 Å². The highest BCUT2D eigenvalue weighted by Crippen LogP contribution is 2.23. The first-order valence-electron chi connectivity index (χ1n) is 5.26. The Balaban J connectivity index is 1.67. The van der Waals surface area contributed by atoms with Crippen molar-refractivity contribution in [2.24, 2.45) is 0 Å². The van der Waals surface area contributed by atoms with Crippen LogP contribution >= 0.6 is 11.3 Å². The van der Waals surface area contributed by atoms with E-state index in [1.807, 2.05) is 22.4 Å². The van der Waals surface area contributed by atoms with Gasteiger partial charge in [0.25, 0.3) is 0 Å². The van der Waals surface area contributed by atoms with Crippen LogP contribution in [0.5, 0.6) is 0 Å². The van der Waals surface area contributed by atoms with Crippen LogP contribution in [0.15, 0.2) is 17.5 Å². The fourth-order valence-corrected chi connectivity index (χ4v) is 2.27. The lowest BCUT2D eigenvalue weighted by Crippen LogP contribution is -2.10. The van der Waals surface area contributed by atoms with Gasteiger partial charge in [-0.2, -0.15) is 0 Å². The Morgan fingerprint density at radius 2 is 2.40 bits per heavy atom. The zero-order valence-electron chi connectivity index (χ0n) is 8.56. The molecule has 2 rings (SSSR count). The van der Waals surface area contributed by atoms with Gasteiger partial charge in [0.05, 0.1) is 6.10 Å². The van der Waals surface area contributed by atoms with Gasteiger partial charge in [-0.3, -0.25) is 4.79 Å². The molecule has 1 aliphatic rings. The van der Waals surface area contributed by atoms with E-state index in [9.17, 15) is 9.90 Å². The molecule has 2 heterocycles. The number of hydrogen-bond acceptors (Lipinski definition) is 3. The van der Waals surface area contributed by atoms with E-state index in [0.717, 1.165) is 24.4 Å². The Hall–Kier alpha value is -0.870. The molecule has 15 heavy (non-hydrogen) atoms. The summed E-state index contributed by atoms with van der Waals surface area (Å²) in [5, 5.41) is 11.7. The molecule has 4 heteroatoms. The molecule has 0 bridgehead atoms. The van der Waals surface area contributed by atoms with Gasteiger partial charge in [-0.1, -0.05) is 6.07 Å². The van der Waals surface area contributed by atoms with Crippen LogP contribution in [-0.2, 0) is 4.79 Å². The Bertz CT molecular complexity index is 319. The highest BCUT2D eigenvalue weighted by molar-refractivity contribution is 7.10. The third-order valence-corrected chi connectivity index (χ3v) is 3.51. The quantitative estimate of drug-likeness (QED) is 0.776. The summed E-state index contributed by atoms with van der Waals surface area (Å²) < 4.78 is 0. The van der Waals surface area contributed by atoms with Crippen molar-refractivity contribution >= 4 is 17.2 Å². The van der Waals surface area contributed by atoms with E-state index in [0.29, 0.717) is 12.8 Å². The third kappa shape index (κ3) is 3.04. The lowest BCUT2D eigenvalue weighted by atomic mass is 10.1. The number of carbonyl (C=O) groups is 1. The highest BCUT2D eigenvalue weighted by atomic mass is 32.1. The molecule has 1 atom stereocenters. The number of aliphatic hydroxyl groups excluding tert-OH is 1.